The van der Waals surface area contributed by atoms with E-state index in [-0.39, 0.29) is 12.8 Å². The lowest BCUT2D eigenvalue weighted by molar-refractivity contribution is -0.148. The number of aliphatic hydroxyl groups excluding tert-OH is 3. The van der Waals surface area contributed by atoms with Gasteiger partial charge in [0.1, 0.15) is 31.5 Å². The Bertz CT molecular complexity index is 1540. The van der Waals surface area contributed by atoms with Crippen molar-refractivity contribution in [2.24, 2.45) is 0 Å². The summed E-state index contributed by atoms with van der Waals surface area (Å²) < 4.78 is 53.0. The largest absolute Gasteiger partial charge is 0.472 e. The fourth-order valence-corrected chi connectivity index (χ4v) is 7.61. The van der Waals surface area contributed by atoms with E-state index < -0.39 is 85.5 Å². The summed E-state index contributed by atoms with van der Waals surface area (Å²) in [6.07, 6.45) is 48.5. The van der Waals surface area contributed by atoms with Crippen LogP contribution in [0.25, 0.3) is 0 Å². The van der Waals surface area contributed by atoms with E-state index in [4.69, 9.17) is 9.47 Å². The van der Waals surface area contributed by atoms with E-state index in [1.165, 1.54) is 25.7 Å². The Morgan fingerprint density at radius 1 is 0.412 bits per heavy atom. The van der Waals surface area contributed by atoms with E-state index in [0.717, 1.165) is 103 Å². The van der Waals surface area contributed by atoms with Gasteiger partial charge in [-0.1, -0.05) is 163 Å². The topological polar surface area (TPSA) is 225 Å². The lowest BCUT2D eigenvalue weighted by Gasteiger charge is -2.19. The van der Waals surface area contributed by atoms with E-state index in [0.29, 0.717) is 12.8 Å². The Morgan fingerprint density at radius 3 is 1.13 bits per heavy atom. The number of phosphoric acid groups is 2. The van der Waals surface area contributed by atoms with Crippen molar-refractivity contribution in [1.82, 2.24) is 0 Å². The zero-order valence-corrected chi connectivity index (χ0v) is 43.0. The summed E-state index contributed by atoms with van der Waals surface area (Å²) in [5.74, 6) is -1.03. The van der Waals surface area contributed by atoms with Crippen LogP contribution in [-0.2, 0) is 46.3 Å². The Hall–Kier alpha value is -2.78. The number of allylic oxidation sites excluding steroid dienone is 14. The predicted molar refractivity (Wildman–Crippen MR) is 270 cm³/mol. The first-order chi connectivity index (χ1) is 32.8. The minimum atomic E-state index is -4.80. The number of carbonyl (C=O) groups excluding carboxylic acids is 2. The van der Waals surface area contributed by atoms with Crippen molar-refractivity contribution in [3.05, 3.63) is 85.1 Å². The van der Waals surface area contributed by atoms with E-state index in [1.54, 1.807) is 0 Å². The zero-order chi connectivity index (χ0) is 50.2. The van der Waals surface area contributed by atoms with Crippen LogP contribution in [0.3, 0.4) is 0 Å². The molecule has 0 heterocycles. The van der Waals surface area contributed by atoms with Crippen LogP contribution in [0.5, 0.6) is 0 Å². The molecule has 0 saturated heterocycles. The van der Waals surface area contributed by atoms with E-state index in [9.17, 15) is 43.8 Å². The number of unbranched alkanes of at least 4 members (excludes halogenated alkanes) is 15. The fraction of sp³-hybridized carbons (Fsp3) is 0.686. The molecule has 0 saturated carbocycles. The highest BCUT2D eigenvalue weighted by Gasteiger charge is 2.28. The molecule has 0 aliphatic rings. The predicted octanol–water partition coefficient (Wildman–Crippen LogP) is 11.7. The maximum Gasteiger partial charge on any atom is 0.472 e. The first-order valence-corrected chi connectivity index (χ1v) is 28.0. The van der Waals surface area contributed by atoms with Gasteiger partial charge in [0.05, 0.1) is 26.4 Å². The van der Waals surface area contributed by atoms with Gasteiger partial charge in [-0.15, -0.1) is 0 Å². The third kappa shape index (κ3) is 48.3. The summed E-state index contributed by atoms with van der Waals surface area (Å²) in [6.45, 7) is 0.211. The summed E-state index contributed by atoms with van der Waals surface area (Å²) in [5.41, 5.74) is 0. The second kappa shape index (κ2) is 46.6. The first-order valence-electron chi connectivity index (χ1n) is 25.0. The number of phosphoric ester groups is 2. The van der Waals surface area contributed by atoms with Crippen molar-refractivity contribution in [2.45, 2.75) is 186 Å². The van der Waals surface area contributed by atoms with Gasteiger partial charge < -0.3 is 34.6 Å². The van der Waals surface area contributed by atoms with Crippen LogP contribution in [-0.4, -0.2) is 95.0 Å². The summed E-state index contributed by atoms with van der Waals surface area (Å²) in [5, 5.41) is 30.0. The molecule has 0 radical (unpaired) electrons. The highest BCUT2D eigenvalue weighted by molar-refractivity contribution is 7.47. The minimum Gasteiger partial charge on any atom is -0.463 e. The van der Waals surface area contributed by atoms with Crippen LogP contribution in [0, 0.1) is 0 Å². The summed E-state index contributed by atoms with van der Waals surface area (Å²) in [4.78, 5) is 43.8. The monoisotopic (exact) mass is 1000 g/mol. The molecule has 5 N–H and O–H groups in total. The molecule has 15 nitrogen and oxygen atoms in total. The Morgan fingerprint density at radius 2 is 0.735 bits per heavy atom. The van der Waals surface area contributed by atoms with Crippen LogP contribution in [0.4, 0.5) is 0 Å². The van der Waals surface area contributed by atoms with Gasteiger partial charge in [-0.25, -0.2) is 9.13 Å². The van der Waals surface area contributed by atoms with Gasteiger partial charge in [0.25, 0.3) is 0 Å². The SMILES string of the molecule is CC/C=C/C=C/C=C/CCCCCCCCCC(=O)OCC(O)COP(=O)(O)OCC(O)COP(=O)(O)OCC(O)COC(=O)CCCCCCC/C=C\C/C=C\C/C=C\C/C=C\CCCCC. The fourth-order valence-electron chi connectivity index (χ4n) is 6.02. The van der Waals surface area contributed by atoms with Crippen molar-refractivity contribution in [2.75, 3.05) is 39.6 Å². The molecule has 0 fully saturated rings. The minimum absolute atomic E-state index is 0.172. The van der Waals surface area contributed by atoms with Gasteiger partial charge in [-0.3, -0.25) is 27.7 Å². The molecule has 0 rings (SSSR count). The van der Waals surface area contributed by atoms with Crippen LogP contribution < -0.4 is 0 Å². The molecule has 0 amide bonds. The normalized spacial score (nSPS) is 15.7. The lowest BCUT2D eigenvalue weighted by Crippen LogP contribution is -2.25. The first kappa shape index (κ1) is 65.2. The average Bonchev–Trinajstić information content (AvgIpc) is 3.31. The van der Waals surface area contributed by atoms with Gasteiger partial charge in [-0.05, 0) is 77.0 Å². The molecule has 17 heteroatoms. The quantitative estimate of drug-likeness (QED) is 0.0126. The number of esters is 2. The van der Waals surface area contributed by atoms with E-state index >= 15 is 0 Å². The molecule has 0 aliphatic carbocycles. The Balaban J connectivity index is 3.92. The molecule has 0 bridgehead atoms. The highest BCUT2D eigenvalue weighted by atomic mass is 31.2. The molecule has 5 atom stereocenters. The number of hydrogen-bond donors (Lipinski definition) is 5. The summed E-state index contributed by atoms with van der Waals surface area (Å²) in [7, 11) is -9.59. The maximum atomic E-state index is 12.2. The highest BCUT2D eigenvalue weighted by Crippen LogP contribution is 2.45. The molecule has 0 spiro atoms. The number of carbonyl (C=O) groups is 2. The van der Waals surface area contributed by atoms with E-state index in [2.05, 4.69) is 98.8 Å². The van der Waals surface area contributed by atoms with Crippen molar-refractivity contribution in [3.63, 3.8) is 0 Å². The maximum absolute atomic E-state index is 12.2. The Kier molecular flexibility index (Phi) is 44.7. The molecule has 0 aromatic rings. The van der Waals surface area contributed by atoms with Crippen LogP contribution >= 0.6 is 15.6 Å². The molecular weight excluding hydrogens is 914 g/mol. The standard InChI is InChI=1S/C51H88O15P2/c1-3-5-7-9-11-13-15-17-19-20-21-22-23-24-26-28-30-32-34-36-38-40-51(56)62-42-48(53)44-64-68(59,60)66-46-49(54)45-65-67(57,58)63-43-47(52)41-61-50(55)39-37-35-33-31-29-27-25-18-16-14-12-10-8-6-4-2/h6,8,10-14,16-17,19,21-22,24,26,47-49,52-54H,3-5,7,9,15,18,20,23,25,27-46H2,1-2H3,(H,57,58)(H,59,60)/b8-6+,12-10+,13-11-,16-14+,19-17-,22-21-,26-24-. The molecule has 5 unspecified atom stereocenters. The third-order valence-corrected chi connectivity index (χ3v) is 11.8. The average molecular weight is 1000 g/mol. The lowest BCUT2D eigenvalue weighted by atomic mass is 10.1. The zero-order valence-electron chi connectivity index (χ0n) is 41.2. The summed E-state index contributed by atoms with van der Waals surface area (Å²) in [6, 6.07) is 0. The van der Waals surface area contributed by atoms with Gasteiger partial charge in [-0.2, -0.15) is 0 Å². The number of rotatable bonds is 47. The van der Waals surface area contributed by atoms with Crippen LogP contribution in [0.1, 0.15) is 168 Å². The Labute approximate surface area is 408 Å². The van der Waals surface area contributed by atoms with Crippen LogP contribution in [0.15, 0.2) is 85.1 Å². The van der Waals surface area contributed by atoms with Gasteiger partial charge in [0.2, 0.25) is 0 Å². The number of ether oxygens (including phenoxy) is 2. The number of hydrogen-bond acceptors (Lipinski definition) is 13. The van der Waals surface area contributed by atoms with E-state index in [1.807, 2.05) is 18.2 Å². The molecule has 0 aromatic heterocycles. The van der Waals surface area contributed by atoms with Gasteiger partial charge >= 0.3 is 27.6 Å². The molecule has 68 heavy (non-hydrogen) atoms. The summed E-state index contributed by atoms with van der Waals surface area (Å²) >= 11 is 0. The van der Waals surface area contributed by atoms with Crippen LogP contribution in [0.2, 0.25) is 0 Å². The molecular formula is C51H88O15P2. The number of aliphatic hydroxyl groups is 3. The molecule has 392 valence electrons. The van der Waals surface area contributed by atoms with Gasteiger partial charge in [0.15, 0.2) is 0 Å². The van der Waals surface area contributed by atoms with Crippen molar-refractivity contribution in [1.29, 1.82) is 0 Å². The second-order valence-corrected chi connectivity index (χ2v) is 19.4. The van der Waals surface area contributed by atoms with Crippen molar-refractivity contribution >= 4 is 27.6 Å². The molecule has 0 aromatic carbocycles. The second-order valence-electron chi connectivity index (χ2n) is 16.5. The van der Waals surface area contributed by atoms with Gasteiger partial charge in [0, 0.05) is 12.8 Å². The smallest absolute Gasteiger partial charge is 0.463 e. The molecule has 0 aliphatic heterocycles. The van der Waals surface area contributed by atoms with Crippen molar-refractivity contribution < 1.29 is 71.4 Å². The van der Waals surface area contributed by atoms with Crippen molar-refractivity contribution in [3.8, 4) is 0 Å². The third-order valence-electron chi connectivity index (χ3n) is 9.90.